The van der Waals surface area contributed by atoms with Gasteiger partial charge in [-0.05, 0) is 55.3 Å². The molecule has 0 aliphatic carbocycles. The van der Waals surface area contributed by atoms with E-state index in [-0.39, 0.29) is 28.3 Å². The third kappa shape index (κ3) is 5.54. The fourth-order valence-corrected chi connectivity index (χ4v) is 5.21. The van der Waals surface area contributed by atoms with Crippen LogP contribution >= 0.6 is 0 Å². The van der Waals surface area contributed by atoms with Crippen LogP contribution in [0, 0.1) is 5.92 Å². The van der Waals surface area contributed by atoms with Crippen molar-refractivity contribution in [3.05, 3.63) is 53.6 Å². The molecule has 1 unspecified atom stereocenters. The number of sulfonamides is 1. The van der Waals surface area contributed by atoms with Crippen LogP contribution in [-0.2, 0) is 24.3 Å². The Morgan fingerprint density at radius 2 is 1.53 bits per heavy atom. The summed E-state index contributed by atoms with van der Waals surface area (Å²) in [4.78, 5) is 37.0. The molecule has 3 rings (SSSR count). The van der Waals surface area contributed by atoms with Gasteiger partial charge in [-0.3, -0.25) is 4.79 Å². The minimum absolute atomic E-state index is 0.000741. The molecule has 2 aromatic rings. The SMILES string of the molecule is COC(=O)c1cc(NC(=O)C2CCCN(S(=O)(=O)c3ccc(OC)cc3)C2)cc(C(=O)OC)c1. The second kappa shape index (κ2) is 10.7. The van der Waals surface area contributed by atoms with E-state index >= 15 is 0 Å². The maximum Gasteiger partial charge on any atom is 0.337 e. The molecule has 0 bridgehead atoms. The molecule has 1 N–H and O–H groups in total. The van der Waals surface area contributed by atoms with E-state index in [2.05, 4.69) is 5.32 Å². The van der Waals surface area contributed by atoms with Crippen molar-refractivity contribution in [3.63, 3.8) is 0 Å². The van der Waals surface area contributed by atoms with E-state index in [4.69, 9.17) is 14.2 Å². The number of amides is 1. The van der Waals surface area contributed by atoms with Gasteiger partial charge in [-0.15, -0.1) is 0 Å². The van der Waals surface area contributed by atoms with E-state index in [1.807, 2.05) is 0 Å². The second-order valence-electron chi connectivity index (χ2n) is 7.65. The van der Waals surface area contributed by atoms with E-state index < -0.39 is 33.8 Å². The monoisotopic (exact) mass is 490 g/mol. The van der Waals surface area contributed by atoms with Crippen LogP contribution in [-0.4, -0.2) is 65.0 Å². The average Bonchev–Trinajstić information content (AvgIpc) is 2.87. The maximum absolute atomic E-state index is 13.1. The second-order valence-corrected chi connectivity index (χ2v) is 9.59. The number of carbonyl (C=O) groups excluding carboxylic acids is 3. The van der Waals surface area contributed by atoms with Crippen LogP contribution in [0.4, 0.5) is 5.69 Å². The van der Waals surface area contributed by atoms with Crippen molar-refractivity contribution in [1.82, 2.24) is 4.31 Å². The summed E-state index contributed by atoms with van der Waals surface area (Å²) < 4.78 is 41.9. The van der Waals surface area contributed by atoms with Gasteiger partial charge in [-0.2, -0.15) is 4.31 Å². The number of ether oxygens (including phenoxy) is 3. The smallest absolute Gasteiger partial charge is 0.337 e. The molecule has 0 saturated carbocycles. The van der Waals surface area contributed by atoms with Crippen molar-refractivity contribution in [2.24, 2.45) is 5.92 Å². The highest BCUT2D eigenvalue weighted by molar-refractivity contribution is 7.89. The van der Waals surface area contributed by atoms with Gasteiger partial charge in [0, 0.05) is 18.8 Å². The van der Waals surface area contributed by atoms with E-state index in [0.717, 1.165) is 0 Å². The summed E-state index contributed by atoms with van der Waals surface area (Å²) in [6, 6.07) is 10.1. The van der Waals surface area contributed by atoms with Crippen LogP contribution in [0.3, 0.4) is 0 Å². The normalized spacial score (nSPS) is 16.4. The molecular weight excluding hydrogens is 464 g/mol. The Labute approximate surface area is 197 Å². The van der Waals surface area contributed by atoms with Crippen molar-refractivity contribution in [2.45, 2.75) is 17.7 Å². The molecule has 1 aliphatic heterocycles. The summed E-state index contributed by atoms with van der Waals surface area (Å²) in [5.41, 5.74) is 0.324. The number of piperidine rings is 1. The van der Waals surface area contributed by atoms with Crippen LogP contribution in [0.25, 0.3) is 0 Å². The lowest BCUT2D eigenvalue weighted by Gasteiger charge is -2.31. The lowest BCUT2D eigenvalue weighted by molar-refractivity contribution is -0.120. The Bertz CT molecular complexity index is 1140. The number of anilines is 1. The van der Waals surface area contributed by atoms with Crippen molar-refractivity contribution in [3.8, 4) is 5.75 Å². The molecular formula is C23H26N2O8S. The first-order valence-corrected chi connectivity index (χ1v) is 11.9. The first kappa shape index (κ1) is 25.2. The number of hydrogen-bond acceptors (Lipinski definition) is 8. The molecule has 0 spiro atoms. The number of nitrogens with zero attached hydrogens (tertiary/aromatic N) is 1. The zero-order chi connectivity index (χ0) is 24.9. The molecule has 1 atom stereocenters. The van der Waals surface area contributed by atoms with Crippen LogP contribution < -0.4 is 10.1 Å². The topological polar surface area (TPSA) is 128 Å². The van der Waals surface area contributed by atoms with Gasteiger partial charge < -0.3 is 19.5 Å². The number of hydrogen-bond donors (Lipinski definition) is 1. The number of rotatable bonds is 7. The Kier molecular flexibility index (Phi) is 7.90. The number of benzene rings is 2. The Balaban J connectivity index is 1.78. The highest BCUT2D eigenvalue weighted by Crippen LogP contribution is 2.26. The lowest BCUT2D eigenvalue weighted by atomic mass is 9.98. The van der Waals surface area contributed by atoms with Crippen molar-refractivity contribution in [1.29, 1.82) is 0 Å². The molecule has 0 radical (unpaired) electrons. The highest BCUT2D eigenvalue weighted by Gasteiger charge is 2.33. The zero-order valence-corrected chi connectivity index (χ0v) is 19.9. The van der Waals surface area contributed by atoms with Crippen LogP contribution in [0.5, 0.6) is 5.75 Å². The van der Waals surface area contributed by atoms with E-state index in [1.54, 1.807) is 12.1 Å². The minimum Gasteiger partial charge on any atom is -0.497 e. The van der Waals surface area contributed by atoms with Gasteiger partial charge in [-0.25, -0.2) is 18.0 Å². The zero-order valence-electron chi connectivity index (χ0n) is 19.1. The van der Waals surface area contributed by atoms with Gasteiger partial charge in [-0.1, -0.05) is 0 Å². The third-order valence-electron chi connectivity index (χ3n) is 5.49. The third-order valence-corrected chi connectivity index (χ3v) is 7.37. The molecule has 2 aromatic carbocycles. The molecule has 0 aromatic heterocycles. The number of nitrogens with one attached hydrogen (secondary N) is 1. The summed E-state index contributed by atoms with van der Waals surface area (Å²) in [6.45, 7) is 0.295. The van der Waals surface area contributed by atoms with Gasteiger partial charge in [0.25, 0.3) is 0 Å². The van der Waals surface area contributed by atoms with Gasteiger partial charge in [0.2, 0.25) is 15.9 Å². The number of methoxy groups -OCH3 is 3. The molecule has 1 fully saturated rings. The summed E-state index contributed by atoms with van der Waals surface area (Å²) >= 11 is 0. The van der Waals surface area contributed by atoms with Crippen LogP contribution in [0.1, 0.15) is 33.6 Å². The van der Waals surface area contributed by atoms with Crippen LogP contribution in [0.15, 0.2) is 47.4 Å². The predicted molar refractivity (Wildman–Crippen MR) is 122 cm³/mol. The van der Waals surface area contributed by atoms with E-state index in [1.165, 1.54) is 56.0 Å². The van der Waals surface area contributed by atoms with Gasteiger partial charge in [0.15, 0.2) is 0 Å². The average molecular weight is 491 g/mol. The molecule has 11 heteroatoms. The Morgan fingerprint density at radius 1 is 0.941 bits per heavy atom. The highest BCUT2D eigenvalue weighted by atomic mass is 32.2. The van der Waals surface area contributed by atoms with E-state index in [0.29, 0.717) is 25.1 Å². The summed E-state index contributed by atoms with van der Waals surface area (Å²) in [7, 11) is 0.0982. The molecule has 1 heterocycles. The van der Waals surface area contributed by atoms with Gasteiger partial charge in [0.1, 0.15) is 5.75 Å². The quantitative estimate of drug-likeness (QED) is 0.586. The molecule has 1 saturated heterocycles. The van der Waals surface area contributed by atoms with Crippen molar-refractivity contribution in [2.75, 3.05) is 39.7 Å². The summed E-state index contributed by atoms with van der Waals surface area (Å²) in [6.07, 6.45) is 0.990. The van der Waals surface area contributed by atoms with Gasteiger partial charge in [0.05, 0.1) is 43.3 Å². The first-order valence-electron chi connectivity index (χ1n) is 10.5. The fourth-order valence-electron chi connectivity index (χ4n) is 3.69. The Morgan fingerprint density at radius 3 is 2.06 bits per heavy atom. The van der Waals surface area contributed by atoms with E-state index in [9.17, 15) is 22.8 Å². The molecule has 1 aliphatic rings. The van der Waals surface area contributed by atoms with Crippen LogP contribution in [0.2, 0.25) is 0 Å². The number of esters is 2. The maximum atomic E-state index is 13.1. The van der Waals surface area contributed by atoms with Crippen molar-refractivity contribution < 1.29 is 37.0 Å². The fraction of sp³-hybridized carbons (Fsp3) is 0.348. The molecule has 182 valence electrons. The molecule has 1 amide bonds. The van der Waals surface area contributed by atoms with Gasteiger partial charge >= 0.3 is 11.9 Å². The molecule has 34 heavy (non-hydrogen) atoms. The summed E-state index contributed by atoms with van der Waals surface area (Å²) in [5.74, 6) is -1.88. The summed E-state index contributed by atoms with van der Waals surface area (Å²) in [5, 5.41) is 2.68. The number of carbonyl (C=O) groups is 3. The van der Waals surface area contributed by atoms with Crippen molar-refractivity contribution >= 4 is 33.6 Å². The molecule has 10 nitrogen and oxygen atoms in total. The minimum atomic E-state index is -3.79. The largest absolute Gasteiger partial charge is 0.497 e. The predicted octanol–water partition coefficient (Wildman–Crippen LogP) is 2.31. The first-order chi connectivity index (χ1) is 16.2. The lowest BCUT2D eigenvalue weighted by Crippen LogP contribution is -2.43. The standard InChI is InChI=1S/C23H26N2O8S/c1-31-19-6-8-20(9-7-19)34(29,30)25-10-4-5-15(14-25)21(26)24-18-12-16(22(27)32-2)11-17(13-18)23(28)33-3/h6-9,11-13,15H,4-5,10,14H2,1-3H3,(H,24,26). The Hall–Kier alpha value is -3.44.